The number of carbonyl (C=O) groups is 2. The van der Waals surface area contributed by atoms with Crippen molar-refractivity contribution < 1.29 is 23.8 Å². The van der Waals surface area contributed by atoms with Gasteiger partial charge in [0.1, 0.15) is 11.6 Å². The first kappa shape index (κ1) is 20.3. The van der Waals surface area contributed by atoms with Crippen LogP contribution in [0.5, 0.6) is 5.88 Å². The van der Waals surface area contributed by atoms with Crippen molar-refractivity contribution in [1.82, 2.24) is 10.3 Å². The molecule has 1 atom stereocenters. The minimum atomic E-state index is -0.946. The number of halogens is 1. The molecular formula is C18H25ClN2O5. The Kier molecular flexibility index (Phi) is 6.69. The van der Waals surface area contributed by atoms with Crippen LogP contribution in [0.25, 0.3) is 0 Å². The standard InChI is InChI=1S/C18H25ClN2O5/c1-18(2,3)26-17(23)21-14(16(22)24-4)8-12-7-13(19)9-20-15(12)25-10-11-5-6-11/h7,9,11,14H,5-6,8,10H2,1-4H3,(H,21,23)/t14-/m0/s1. The fourth-order valence-corrected chi connectivity index (χ4v) is 2.41. The van der Waals surface area contributed by atoms with Gasteiger partial charge in [0.2, 0.25) is 5.88 Å². The fraction of sp³-hybridized carbons (Fsp3) is 0.611. The maximum absolute atomic E-state index is 12.1. The number of methoxy groups -OCH3 is 1. The zero-order valence-electron chi connectivity index (χ0n) is 15.5. The van der Waals surface area contributed by atoms with E-state index in [1.165, 1.54) is 13.3 Å². The van der Waals surface area contributed by atoms with Crippen molar-refractivity contribution in [2.24, 2.45) is 5.92 Å². The van der Waals surface area contributed by atoms with Gasteiger partial charge in [0.25, 0.3) is 0 Å². The summed E-state index contributed by atoms with van der Waals surface area (Å²) >= 11 is 6.04. The lowest BCUT2D eigenvalue weighted by atomic mass is 10.1. The van der Waals surface area contributed by atoms with Crippen molar-refractivity contribution in [3.63, 3.8) is 0 Å². The van der Waals surface area contributed by atoms with Crippen LogP contribution in [0.15, 0.2) is 12.3 Å². The molecule has 1 aliphatic rings. The first-order chi connectivity index (χ1) is 12.2. The van der Waals surface area contributed by atoms with E-state index in [-0.39, 0.29) is 6.42 Å². The van der Waals surface area contributed by atoms with Crippen LogP contribution >= 0.6 is 11.6 Å². The van der Waals surface area contributed by atoms with Crippen LogP contribution < -0.4 is 10.1 Å². The van der Waals surface area contributed by atoms with Crippen LogP contribution in [0, 0.1) is 5.92 Å². The number of alkyl carbamates (subject to hydrolysis) is 1. The number of ether oxygens (including phenoxy) is 3. The van der Waals surface area contributed by atoms with E-state index >= 15 is 0 Å². The van der Waals surface area contributed by atoms with E-state index in [9.17, 15) is 9.59 Å². The van der Waals surface area contributed by atoms with Gasteiger partial charge in [-0.25, -0.2) is 14.6 Å². The second-order valence-corrected chi connectivity index (χ2v) is 7.73. The lowest BCUT2D eigenvalue weighted by molar-refractivity contribution is -0.143. The van der Waals surface area contributed by atoms with Crippen molar-refractivity contribution >= 4 is 23.7 Å². The minimum Gasteiger partial charge on any atom is -0.477 e. The van der Waals surface area contributed by atoms with Crippen LogP contribution in [0.2, 0.25) is 5.02 Å². The van der Waals surface area contributed by atoms with Gasteiger partial charge in [-0.15, -0.1) is 0 Å². The molecule has 8 heteroatoms. The molecule has 0 radical (unpaired) electrons. The van der Waals surface area contributed by atoms with Crippen LogP contribution in [0.3, 0.4) is 0 Å². The number of nitrogens with one attached hydrogen (secondary N) is 1. The molecule has 26 heavy (non-hydrogen) atoms. The molecule has 1 heterocycles. The maximum atomic E-state index is 12.1. The molecular weight excluding hydrogens is 360 g/mol. The number of amides is 1. The van der Waals surface area contributed by atoms with Crippen molar-refractivity contribution in [1.29, 1.82) is 0 Å². The number of rotatable bonds is 7. The average molecular weight is 385 g/mol. The molecule has 1 amide bonds. The maximum Gasteiger partial charge on any atom is 0.408 e. The SMILES string of the molecule is COC(=O)[C@H](Cc1cc(Cl)cnc1OCC1CC1)NC(=O)OC(C)(C)C. The highest BCUT2D eigenvalue weighted by Gasteiger charge is 2.28. The quantitative estimate of drug-likeness (QED) is 0.727. The Hall–Kier alpha value is -2.02. The summed E-state index contributed by atoms with van der Waals surface area (Å²) in [5.74, 6) is 0.363. The summed E-state index contributed by atoms with van der Waals surface area (Å²) in [5, 5.41) is 2.95. The molecule has 0 aromatic carbocycles. The number of pyridine rings is 1. The van der Waals surface area contributed by atoms with Gasteiger partial charge < -0.3 is 19.5 Å². The normalized spacial score (nSPS) is 15.1. The van der Waals surface area contributed by atoms with Gasteiger partial charge in [0.05, 0.1) is 18.7 Å². The van der Waals surface area contributed by atoms with Crippen LogP contribution in [-0.2, 0) is 20.7 Å². The number of hydrogen-bond donors (Lipinski definition) is 1. The Morgan fingerprint density at radius 2 is 2.08 bits per heavy atom. The molecule has 2 rings (SSSR count). The van der Waals surface area contributed by atoms with Crippen LogP contribution in [0.1, 0.15) is 39.2 Å². The second kappa shape index (κ2) is 8.58. The van der Waals surface area contributed by atoms with E-state index in [2.05, 4.69) is 10.3 Å². The molecule has 0 bridgehead atoms. The van der Waals surface area contributed by atoms with Gasteiger partial charge in [0.15, 0.2) is 0 Å². The number of aromatic nitrogens is 1. The Balaban J connectivity index is 2.12. The Labute approximate surface area is 158 Å². The smallest absolute Gasteiger partial charge is 0.408 e. The molecule has 144 valence electrons. The summed E-state index contributed by atoms with van der Waals surface area (Å²) < 4.78 is 15.8. The molecule has 7 nitrogen and oxygen atoms in total. The number of carbonyl (C=O) groups excluding carboxylic acids is 2. The number of esters is 1. The molecule has 0 aliphatic heterocycles. The summed E-state index contributed by atoms with van der Waals surface area (Å²) in [5.41, 5.74) is -0.0643. The predicted molar refractivity (Wildman–Crippen MR) is 96.3 cm³/mol. The Bertz CT molecular complexity index is 655. The first-order valence-corrected chi connectivity index (χ1v) is 8.90. The molecule has 1 N–H and O–H groups in total. The molecule has 1 aliphatic carbocycles. The molecule has 1 aromatic heterocycles. The van der Waals surface area contributed by atoms with Gasteiger partial charge in [-0.1, -0.05) is 11.6 Å². The molecule has 1 aromatic rings. The third kappa shape index (κ3) is 6.71. The highest BCUT2D eigenvalue weighted by molar-refractivity contribution is 6.30. The summed E-state index contributed by atoms with van der Waals surface area (Å²) in [6.07, 6.45) is 3.20. The first-order valence-electron chi connectivity index (χ1n) is 8.52. The van der Waals surface area contributed by atoms with E-state index in [4.69, 9.17) is 25.8 Å². The topological polar surface area (TPSA) is 86.8 Å². The minimum absolute atomic E-state index is 0.124. The predicted octanol–water partition coefficient (Wildman–Crippen LogP) is 3.13. The van der Waals surface area contributed by atoms with E-state index in [0.29, 0.717) is 29.0 Å². The number of hydrogen-bond acceptors (Lipinski definition) is 6. The lowest BCUT2D eigenvalue weighted by Gasteiger charge is -2.23. The lowest BCUT2D eigenvalue weighted by Crippen LogP contribution is -2.45. The summed E-state index contributed by atoms with van der Waals surface area (Å²) in [6.45, 7) is 5.79. The molecule has 1 saturated carbocycles. The van der Waals surface area contributed by atoms with Crippen LogP contribution in [-0.4, -0.2) is 42.4 Å². The largest absolute Gasteiger partial charge is 0.477 e. The fourth-order valence-electron chi connectivity index (χ4n) is 2.23. The molecule has 1 fully saturated rings. The molecule has 0 spiro atoms. The summed E-state index contributed by atoms with van der Waals surface area (Å²) in [4.78, 5) is 28.3. The summed E-state index contributed by atoms with van der Waals surface area (Å²) in [7, 11) is 1.26. The third-order valence-corrected chi connectivity index (χ3v) is 3.85. The zero-order chi connectivity index (χ0) is 19.3. The van der Waals surface area contributed by atoms with Gasteiger partial charge in [-0.2, -0.15) is 0 Å². The highest BCUT2D eigenvalue weighted by Crippen LogP contribution is 2.30. The van der Waals surface area contributed by atoms with E-state index < -0.39 is 23.7 Å². The molecule has 0 saturated heterocycles. The Morgan fingerprint density at radius 3 is 2.65 bits per heavy atom. The van der Waals surface area contributed by atoms with E-state index in [1.807, 2.05) is 0 Å². The third-order valence-electron chi connectivity index (χ3n) is 3.65. The summed E-state index contributed by atoms with van der Waals surface area (Å²) in [6, 6.07) is 0.724. The number of nitrogens with zero attached hydrogens (tertiary/aromatic N) is 1. The van der Waals surface area contributed by atoms with Crippen molar-refractivity contribution in [3.05, 3.63) is 22.8 Å². The van der Waals surface area contributed by atoms with Crippen molar-refractivity contribution in [3.8, 4) is 5.88 Å². The average Bonchev–Trinajstić information content (AvgIpc) is 3.35. The highest BCUT2D eigenvalue weighted by atomic mass is 35.5. The van der Waals surface area contributed by atoms with E-state index in [0.717, 1.165) is 12.8 Å². The van der Waals surface area contributed by atoms with Gasteiger partial charge in [-0.05, 0) is 45.6 Å². The van der Waals surface area contributed by atoms with E-state index in [1.54, 1.807) is 26.8 Å². The van der Waals surface area contributed by atoms with Crippen molar-refractivity contribution in [2.75, 3.05) is 13.7 Å². The second-order valence-electron chi connectivity index (χ2n) is 7.30. The van der Waals surface area contributed by atoms with Gasteiger partial charge in [0, 0.05) is 18.2 Å². The Morgan fingerprint density at radius 1 is 1.38 bits per heavy atom. The monoisotopic (exact) mass is 384 g/mol. The molecule has 0 unspecified atom stereocenters. The van der Waals surface area contributed by atoms with Gasteiger partial charge in [-0.3, -0.25) is 0 Å². The zero-order valence-corrected chi connectivity index (χ0v) is 16.3. The van der Waals surface area contributed by atoms with Crippen LogP contribution in [0.4, 0.5) is 4.79 Å². The van der Waals surface area contributed by atoms with Crippen molar-refractivity contribution in [2.45, 2.75) is 51.7 Å². The van der Waals surface area contributed by atoms with Gasteiger partial charge >= 0.3 is 12.1 Å².